The topological polar surface area (TPSA) is 95.2 Å². The fraction of sp³-hybridized carbons (Fsp3) is 0.273. The Kier molecular flexibility index (Phi) is 7.84. The van der Waals surface area contributed by atoms with E-state index in [2.05, 4.69) is 10.4 Å². The summed E-state index contributed by atoms with van der Waals surface area (Å²) in [6.07, 6.45) is 0.562. The summed E-state index contributed by atoms with van der Waals surface area (Å²) in [7, 11) is 1.56. The lowest BCUT2D eigenvalue weighted by Gasteiger charge is -2.13. The maximum absolute atomic E-state index is 13.2. The minimum Gasteiger partial charge on any atom is -0.385 e. The Balaban J connectivity index is 2.11. The number of halogens is 2. The normalized spacial score (nSPS) is 10.9. The second kappa shape index (κ2) is 10.6. The van der Waals surface area contributed by atoms with E-state index >= 15 is 0 Å². The number of methoxy groups -OCH3 is 1. The number of amides is 1. The van der Waals surface area contributed by atoms with E-state index in [0.717, 1.165) is 14.8 Å². The molecule has 0 bridgehead atoms. The first-order valence-electron chi connectivity index (χ1n) is 9.84. The number of carbonyl (C=O) groups excluding carboxylic acids is 1. The number of benzene rings is 2. The van der Waals surface area contributed by atoms with Gasteiger partial charge in [-0.25, -0.2) is 4.79 Å². The molecule has 0 aliphatic carbocycles. The average molecular weight is 477 g/mol. The molecular weight excluding hydrogens is 455 g/mol. The Morgan fingerprint density at radius 1 is 1.16 bits per heavy atom. The van der Waals surface area contributed by atoms with Gasteiger partial charge in [-0.3, -0.25) is 14.2 Å². The predicted octanol–water partition coefficient (Wildman–Crippen LogP) is 2.82. The molecule has 168 valence electrons. The summed E-state index contributed by atoms with van der Waals surface area (Å²) in [6.45, 7) is 2.48. The van der Waals surface area contributed by atoms with Crippen molar-refractivity contribution in [3.63, 3.8) is 0 Å². The number of rotatable bonds is 8. The number of nitrogens with one attached hydrogen (secondary N) is 1. The first-order chi connectivity index (χ1) is 15.3. The number of hydrogen-bond donors (Lipinski definition) is 1. The van der Waals surface area contributed by atoms with Crippen molar-refractivity contribution in [2.75, 3.05) is 20.3 Å². The lowest BCUT2D eigenvalue weighted by atomic mass is 10.2. The molecule has 0 saturated carbocycles. The number of hydrogen-bond acceptors (Lipinski definition) is 5. The summed E-state index contributed by atoms with van der Waals surface area (Å²) >= 11 is 12.3. The first kappa shape index (κ1) is 23.7. The van der Waals surface area contributed by atoms with Crippen molar-refractivity contribution < 1.29 is 9.53 Å². The van der Waals surface area contributed by atoms with Gasteiger partial charge in [0, 0.05) is 30.3 Å². The maximum Gasteiger partial charge on any atom is 0.352 e. The summed E-state index contributed by atoms with van der Waals surface area (Å²) in [6, 6.07) is 11.7. The van der Waals surface area contributed by atoms with E-state index in [9.17, 15) is 14.4 Å². The summed E-state index contributed by atoms with van der Waals surface area (Å²) in [5, 5.41) is 7.60. The molecule has 32 heavy (non-hydrogen) atoms. The molecule has 3 aromatic rings. The van der Waals surface area contributed by atoms with Crippen LogP contribution in [0.25, 0.3) is 5.69 Å². The van der Waals surface area contributed by atoms with Crippen LogP contribution in [0.4, 0.5) is 0 Å². The molecule has 8 nitrogen and oxygen atoms in total. The van der Waals surface area contributed by atoms with Gasteiger partial charge in [0.2, 0.25) is 5.69 Å². The van der Waals surface area contributed by atoms with Gasteiger partial charge in [0.15, 0.2) is 0 Å². The molecule has 3 rings (SSSR count). The number of ether oxygens (including phenoxy) is 1. The molecule has 1 aromatic heterocycles. The van der Waals surface area contributed by atoms with Crippen molar-refractivity contribution >= 4 is 29.1 Å². The van der Waals surface area contributed by atoms with Crippen LogP contribution in [0, 0.1) is 6.92 Å². The molecule has 0 atom stereocenters. The Bertz CT molecular complexity index is 1250. The molecule has 1 amide bonds. The van der Waals surface area contributed by atoms with Gasteiger partial charge in [-0.05, 0) is 48.7 Å². The van der Waals surface area contributed by atoms with Crippen LogP contribution in [0.15, 0.2) is 52.1 Å². The van der Waals surface area contributed by atoms with Crippen LogP contribution in [0.2, 0.25) is 10.0 Å². The van der Waals surface area contributed by atoms with Crippen molar-refractivity contribution in [3.8, 4) is 5.69 Å². The third-order valence-electron chi connectivity index (χ3n) is 4.72. The SMILES string of the molecule is COCCCNC(=O)c1nn(-c2ccc(C)c(Cl)c2)c(=O)n(Cc2cccc(Cl)c2)c1=O. The third kappa shape index (κ3) is 5.45. The van der Waals surface area contributed by atoms with Gasteiger partial charge in [-0.1, -0.05) is 41.4 Å². The molecule has 0 aliphatic heterocycles. The van der Waals surface area contributed by atoms with Gasteiger partial charge in [0.1, 0.15) is 0 Å². The van der Waals surface area contributed by atoms with Gasteiger partial charge in [0.25, 0.3) is 11.5 Å². The number of nitrogens with zero attached hydrogens (tertiary/aromatic N) is 3. The van der Waals surface area contributed by atoms with Gasteiger partial charge in [-0.2, -0.15) is 9.78 Å². The summed E-state index contributed by atoms with van der Waals surface area (Å²) in [5.74, 6) is -0.682. The zero-order valence-electron chi connectivity index (χ0n) is 17.6. The highest BCUT2D eigenvalue weighted by Gasteiger charge is 2.20. The highest BCUT2D eigenvalue weighted by atomic mass is 35.5. The molecule has 0 saturated heterocycles. The highest BCUT2D eigenvalue weighted by molar-refractivity contribution is 6.31. The quantitative estimate of drug-likeness (QED) is 0.504. The lowest BCUT2D eigenvalue weighted by molar-refractivity contribution is 0.0938. The Hall–Kier alpha value is -2.94. The Morgan fingerprint density at radius 2 is 1.94 bits per heavy atom. The van der Waals surface area contributed by atoms with Crippen LogP contribution < -0.4 is 16.6 Å². The van der Waals surface area contributed by atoms with Crippen LogP contribution in [-0.4, -0.2) is 40.5 Å². The van der Waals surface area contributed by atoms with Crippen molar-refractivity contribution in [2.24, 2.45) is 0 Å². The molecule has 0 fully saturated rings. The van der Waals surface area contributed by atoms with Crippen LogP contribution in [0.5, 0.6) is 0 Å². The van der Waals surface area contributed by atoms with E-state index in [0.29, 0.717) is 34.3 Å². The molecule has 0 unspecified atom stereocenters. The van der Waals surface area contributed by atoms with Crippen LogP contribution >= 0.6 is 23.2 Å². The number of aromatic nitrogens is 3. The standard InChI is InChI=1S/C22H22Cl2N4O4/c1-14-7-8-17(12-18(14)24)28-22(31)27(13-15-5-3-6-16(23)11-15)21(30)19(26-28)20(29)25-9-4-10-32-2/h3,5-8,11-12H,4,9-10,13H2,1-2H3,(H,25,29). The van der Waals surface area contributed by atoms with Crippen molar-refractivity contribution in [3.05, 3.63) is 90.2 Å². The minimum atomic E-state index is -0.798. The molecule has 1 N–H and O–H groups in total. The van der Waals surface area contributed by atoms with Crippen molar-refractivity contribution in [1.29, 1.82) is 0 Å². The highest BCUT2D eigenvalue weighted by Crippen LogP contribution is 2.18. The van der Waals surface area contributed by atoms with Gasteiger partial charge in [0.05, 0.1) is 12.2 Å². The smallest absolute Gasteiger partial charge is 0.352 e. The zero-order chi connectivity index (χ0) is 23.3. The van der Waals surface area contributed by atoms with Gasteiger partial charge < -0.3 is 10.1 Å². The van der Waals surface area contributed by atoms with Gasteiger partial charge >= 0.3 is 5.69 Å². The maximum atomic E-state index is 13.2. The second-order valence-electron chi connectivity index (χ2n) is 7.10. The van der Waals surface area contributed by atoms with Crippen LogP contribution in [0.1, 0.15) is 28.0 Å². The van der Waals surface area contributed by atoms with E-state index in [-0.39, 0.29) is 13.1 Å². The zero-order valence-corrected chi connectivity index (χ0v) is 19.1. The lowest BCUT2D eigenvalue weighted by Crippen LogP contribution is -2.46. The molecular formula is C22H22Cl2N4O4. The van der Waals surface area contributed by atoms with Crippen molar-refractivity contribution in [1.82, 2.24) is 19.7 Å². The van der Waals surface area contributed by atoms with E-state index in [4.69, 9.17) is 27.9 Å². The molecule has 2 aromatic carbocycles. The molecule has 1 heterocycles. The monoisotopic (exact) mass is 476 g/mol. The largest absolute Gasteiger partial charge is 0.385 e. The number of aryl methyl sites for hydroxylation is 1. The fourth-order valence-corrected chi connectivity index (χ4v) is 3.39. The molecule has 10 heteroatoms. The first-order valence-corrected chi connectivity index (χ1v) is 10.6. The van der Waals surface area contributed by atoms with E-state index in [1.165, 1.54) is 0 Å². The molecule has 0 spiro atoms. The summed E-state index contributed by atoms with van der Waals surface area (Å²) < 4.78 is 6.92. The average Bonchev–Trinajstić information content (AvgIpc) is 2.76. The summed E-state index contributed by atoms with van der Waals surface area (Å²) in [4.78, 5) is 39.0. The van der Waals surface area contributed by atoms with E-state index in [1.807, 2.05) is 6.92 Å². The van der Waals surface area contributed by atoms with Gasteiger partial charge in [-0.15, -0.1) is 0 Å². The van der Waals surface area contributed by atoms with Crippen LogP contribution in [-0.2, 0) is 11.3 Å². The Morgan fingerprint density at radius 3 is 2.62 bits per heavy atom. The van der Waals surface area contributed by atoms with E-state index in [1.54, 1.807) is 49.6 Å². The second-order valence-corrected chi connectivity index (χ2v) is 7.94. The number of carbonyl (C=O) groups is 1. The van der Waals surface area contributed by atoms with Crippen molar-refractivity contribution in [2.45, 2.75) is 19.9 Å². The predicted molar refractivity (Wildman–Crippen MR) is 123 cm³/mol. The fourth-order valence-electron chi connectivity index (χ4n) is 3.00. The Labute approximate surface area is 194 Å². The third-order valence-corrected chi connectivity index (χ3v) is 5.36. The molecule has 0 radical (unpaired) electrons. The minimum absolute atomic E-state index is 0.0791. The molecule has 0 aliphatic rings. The summed E-state index contributed by atoms with van der Waals surface area (Å²) in [5.41, 5.74) is -0.131. The van der Waals surface area contributed by atoms with E-state index < -0.39 is 22.9 Å². The van der Waals surface area contributed by atoms with Crippen LogP contribution in [0.3, 0.4) is 0 Å².